The van der Waals surface area contributed by atoms with E-state index in [1.54, 1.807) is 0 Å². The number of likely N-dealkylation sites (tertiary alicyclic amines) is 1. The summed E-state index contributed by atoms with van der Waals surface area (Å²) in [4.78, 5) is 16.8. The Morgan fingerprint density at radius 1 is 1.05 bits per heavy atom. The van der Waals surface area contributed by atoms with Crippen LogP contribution in [0.4, 0.5) is 0 Å². The second-order valence-electron chi connectivity index (χ2n) is 6.12. The number of hydrogen-bond donors (Lipinski definition) is 1. The van der Waals surface area contributed by atoms with Gasteiger partial charge in [-0.2, -0.15) is 0 Å². The number of amides is 1. The van der Waals surface area contributed by atoms with Crippen molar-refractivity contribution in [3.63, 3.8) is 0 Å². The quantitative estimate of drug-likeness (QED) is 0.837. The van der Waals surface area contributed by atoms with Gasteiger partial charge in [0.1, 0.15) is 0 Å². The molecule has 2 heterocycles. The van der Waals surface area contributed by atoms with E-state index in [9.17, 15) is 4.79 Å². The second kappa shape index (κ2) is 7.83. The predicted molar refractivity (Wildman–Crippen MR) is 85.9 cm³/mol. The van der Waals surface area contributed by atoms with Crippen molar-refractivity contribution in [1.82, 2.24) is 15.1 Å². The number of carbonyl (C=O) groups excluding carboxylic acids is 1. The first-order valence-electron chi connectivity index (χ1n) is 7.51. The monoisotopic (exact) mass is 323 g/mol. The number of nitrogens with zero attached hydrogens (tertiary/aromatic N) is 2. The number of carbonyl (C=O) groups is 1. The summed E-state index contributed by atoms with van der Waals surface area (Å²) in [6.45, 7) is 7.68. The van der Waals surface area contributed by atoms with Crippen LogP contribution in [0.25, 0.3) is 0 Å². The highest BCUT2D eigenvalue weighted by atomic mass is 35.5. The lowest BCUT2D eigenvalue weighted by atomic mass is 10.00. The summed E-state index contributed by atoms with van der Waals surface area (Å²) < 4.78 is 0. The van der Waals surface area contributed by atoms with Crippen LogP contribution in [0.2, 0.25) is 0 Å². The topological polar surface area (TPSA) is 35.6 Å². The molecule has 4 nitrogen and oxygen atoms in total. The summed E-state index contributed by atoms with van der Waals surface area (Å²) in [6.07, 6.45) is 4.60. The molecule has 3 fully saturated rings. The maximum absolute atomic E-state index is 12.0. The van der Waals surface area contributed by atoms with Crippen molar-refractivity contribution < 1.29 is 4.79 Å². The van der Waals surface area contributed by atoms with E-state index in [0.29, 0.717) is 23.9 Å². The van der Waals surface area contributed by atoms with E-state index in [-0.39, 0.29) is 24.8 Å². The van der Waals surface area contributed by atoms with E-state index >= 15 is 0 Å². The molecule has 1 N–H and O–H groups in total. The van der Waals surface area contributed by atoms with Gasteiger partial charge in [0.05, 0.1) is 0 Å². The molecule has 20 heavy (non-hydrogen) atoms. The third-order valence-electron chi connectivity index (χ3n) is 4.72. The van der Waals surface area contributed by atoms with Gasteiger partial charge in [-0.15, -0.1) is 24.8 Å². The second-order valence-corrected chi connectivity index (χ2v) is 6.12. The average molecular weight is 324 g/mol. The van der Waals surface area contributed by atoms with Gasteiger partial charge in [-0.05, 0) is 32.6 Å². The SMILES string of the molecule is C[C@H]1CNCCN1C1CCN(C(=O)C2CC2)CC1.Cl.Cl. The van der Waals surface area contributed by atoms with Crippen molar-refractivity contribution in [3.8, 4) is 0 Å². The molecule has 3 aliphatic rings. The minimum Gasteiger partial charge on any atom is -0.342 e. The first kappa shape index (κ1) is 18.0. The Morgan fingerprint density at radius 3 is 2.25 bits per heavy atom. The molecule has 2 aliphatic heterocycles. The van der Waals surface area contributed by atoms with Gasteiger partial charge in [0.15, 0.2) is 0 Å². The average Bonchev–Trinajstić information content (AvgIpc) is 3.23. The molecule has 2 saturated heterocycles. The van der Waals surface area contributed by atoms with Gasteiger partial charge in [-0.25, -0.2) is 0 Å². The fraction of sp³-hybridized carbons (Fsp3) is 0.929. The van der Waals surface area contributed by atoms with Crippen LogP contribution in [-0.4, -0.2) is 60.5 Å². The van der Waals surface area contributed by atoms with Gasteiger partial charge in [0.25, 0.3) is 0 Å². The molecule has 0 radical (unpaired) electrons. The lowest BCUT2D eigenvalue weighted by Crippen LogP contribution is -2.56. The molecule has 0 aromatic carbocycles. The molecule has 1 atom stereocenters. The molecule has 0 aromatic rings. The fourth-order valence-electron chi connectivity index (χ4n) is 3.41. The van der Waals surface area contributed by atoms with Crippen molar-refractivity contribution in [1.29, 1.82) is 0 Å². The standard InChI is InChI=1S/C14H25N3O.2ClH/c1-11-10-15-6-9-17(11)13-4-7-16(8-5-13)14(18)12-2-3-12;;/h11-13,15H,2-10H2,1H3;2*1H/t11-;;/m0../s1. The lowest BCUT2D eigenvalue weighted by Gasteiger charge is -2.43. The third-order valence-corrected chi connectivity index (χ3v) is 4.72. The first-order chi connectivity index (χ1) is 8.75. The Morgan fingerprint density at radius 2 is 1.70 bits per heavy atom. The van der Waals surface area contributed by atoms with E-state index in [1.165, 1.54) is 19.4 Å². The number of piperidine rings is 1. The summed E-state index contributed by atoms with van der Waals surface area (Å²) in [7, 11) is 0. The summed E-state index contributed by atoms with van der Waals surface area (Å²) in [5.41, 5.74) is 0. The van der Waals surface area contributed by atoms with Gasteiger partial charge in [0, 0.05) is 50.7 Å². The van der Waals surface area contributed by atoms with Crippen LogP contribution >= 0.6 is 24.8 Å². The number of halogens is 2. The van der Waals surface area contributed by atoms with Crippen molar-refractivity contribution in [2.45, 2.75) is 44.7 Å². The molecule has 6 heteroatoms. The number of nitrogens with one attached hydrogen (secondary N) is 1. The van der Waals surface area contributed by atoms with Crippen LogP contribution < -0.4 is 5.32 Å². The highest BCUT2D eigenvalue weighted by molar-refractivity contribution is 5.85. The molecule has 1 amide bonds. The lowest BCUT2D eigenvalue weighted by molar-refractivity contribution is -0.134. The van der Waals surface area contributed by atoms with Gasteiger partial charge in [0.2, 0.25) is 5.91 Å². The normalized spacial score (nSPS) is 28.4. The number of hydrogen-bond acceptors (Lipinski definition) is 3. The zero-order chi connectivity index (χ0) is 12.5. The Bertz CT molecular complexity index is 318. The van der Waals surface area contributed by atoms with Gasteiger partial charge in [-0.3, -0.25) is 9.69 Å². The Kier molecular flexibility index (Phi) is 7.06. The van der Waals surface area contributed by atoms with Crippen LogP contribution in [0, 0.1) is 5.92 Å². The smallest absolute Gasteiger partial charge is 0.225 e. The number of rotatable bonds is 2. The van der Waals surface area contributed by atoms with Gasteiger partial charge < -0.3 is 10.2 Å². The van der Waals surface area contributed by atoms with Crippen molar-refractivity contribution in [3.05, 3.63) is 0 Å². The summed E-state index contributed by atoms with van der Waals surface area (Å²) in [5, 5.41) is 3.45. The molecule has 3 rings (SSSR count). The molecule has 0 spiro atoms. The molecule has 118 valence electrons. The van der Waals surface area contributed by atoms with Gasteiger partial charge in [-0.1, -0.05) is 0 Å². The van der Waals surface area contributed by atoms with Crippen LogP contribution in [0.1, 0.15) is 32.6 Å². The van der Waals surface area contributed by atoms with Crippen molar-refractivity contribution >= 4 is 30.7 Å². The van der Waals surface area contributed by atoms with Crippen LogP contribution in [0.3, 0.4) is 0 Å². The molecule has 1 saturated carbocycles. The molecule has 0 aromatic heterocycles. The summed E-state index contributed by atoms with van der Waals surface area (Å²) >= 11 is 0. The Labute approximate surface area is 134 Å². The maximum Gasteiger partial charge on any atom is 0.225 e. The van der Waals surface area contributed by atoms with Crippen LogP contribution in [0.15, 0.2) is 0 Å². The van der Waals surface area contributed by atoms with E-state index in [2.05, 4.69) is 22.0 Å². The van der Waals surface area contributed by atoms with E-state index in [1.807, 2.05) is 0 Å². The van der Waals surface area contributed by atoms with Gasteiger partial charge >= 0.3 is 0 Å². The molecule has 0 bridgehead atoms. The maximum atomic E-state index is 12.0. The zero-order valence-corrected chi connectivity index (χ0v) is 13.8. The Balaban J connectivity index is 0.000001000. The van der Waals surface area contributed by atoms with Crippen LogP contribution in [-0.2, 0) is 4.79 Å². The van der Waals surface area contributed by atoms with Crippen molar-refractivity contribution in [2.75, 3.05) is 32.7 Å². The third kappa shape index (κ3) is 4.00. The molecule has 0 unspecified atom stereocenters. The zero-order valence-electron chi connectivity index (χ0n) is 12.2. The van der Waals surface area contributed by atoms with Crippen molar-refractivity contribution in [2.24, 2.45) is 5.92 Å². The van der Waals surface area contributed by atoms with E-state index in [4.69, 9.17) is 0 Å². The highest BCUT2D eigenvalue weighted by Crippen LogP contribution is 2.32. The minimum atomic E-state index is 0. The van der Waals surface area contributed by atoms with E-state index in [0.717, 1.165) is 39.0 Å². The largest absolute Gasteiger partial charge is 0.342 e. The summed E-state index contributed by atoms with van der Waals surface area (Å²) in [5.74, 6) is 0.821. The summed E-state index contributed by atoms with van der Waals surface area (Å²) in [6, 6.07) is 1.35. The van der Waals surface area contributed by atoms with Crippen LogP contribution in [0.5, 0.6) is 0 Å². The van der Waals surface area contributed by atoms with E-state index < -0.39 is 0 Å². The predicted octanol–water partition coefficient (Wildman–Crippen LogP) is 1.52. The fourth-order valence-corrected chi connectivity index (χ4v) is 3.41. The Hall–Kier alpha value is -0.0300. The molecular weight excluding hydrogens is 297 g/mol. The first-order valence-corrected chi connectivity index (χ1v) is 7.51. The molecule has 1 aliphatic carbocycles. The highest BCUT2D eigenvalue weighted by Gasteiger charge is 2.36. The number of piperazine rings is 1. The minimum absolute atomic E-state index is 0. The molecular formula is C14H27Cl2N3O.